The normalized spacial score (nSPS) is 9.83. The van der Waals surface area contributed by atoms with Crippen molar-refractivity contribution in [3.63, 3.8) is 0 Å². The minimum absolute atomic E-state index is 0.662. The molecule has 0 radical (unpaired) electrons. The molecule has 0 amide bonds. The molecule has 0 spiro atoms. The molecule has 2 aromatic carbocycles. The van der Waals surface area contributed by atoms with Crippen molar-refractivity contribution in [1.29, 1.82) is 5.26 Å². The molecule has 0 aliphatic rings. The number of benzene rings is 2. The van der Waals surface area contributed by atoms with Crippen LogP contribution in [0.4, 0.5) is 5.69 Å². The lowest BCUT2D eigenvalue weighted by Gasteiger charge is -2.09. The smallest absolute Gasteiger partial charge is 0.0991 e. The predicted octanol–water partition coefficient (Wildman–Crippen LogP) is 4.59. The molecule has 2 nitrogen and oxygen atoms in total. The second-order valence-electron chi connectivity index (χ2n) is 3.79. The predicted molar refractivity (Wildman–Crippen MR) is 77.6 cm³/mol. The Bertz CT molecular complexity index is 605. The van der Waals surface area contributed by atoms with E-state index in [2.05, 4.69) is 27.3 Å². The molecule has 0 saturated carbocycles. The minimum Gasteiger partial charge on any atom is -0.380 e. The molecule has 0 fully saturated rings. The average Bonchev–Trinajstić information content (AvgIpc) is 2.38. The van der Waals surface area contributed by atoms with Gasteiger partial charge in [-0.2, -0.15) is 5.26 Å². The molecule has 0 aliphatic heterocycles. The lowest BCUT2D eigenvalue weighted by atomic mass is 10.1. The number of hydrogen-bond donors (Lipinski definition) is 1. The van der Waals surface area contributed by atoms with Crippen LogP contribution in [0.2, 0.25) is 5.02 Å². The second kappa shape index (κ2) is 5.90. The monoisotopic (exact) mass is 320 g/mol. The number of nitrogens with one attached hydrogen (secondary N) is 1. The molecule has 2 rings (SSSR count). The Balaban J connectivity index is 2.09. The molecular weight excluding hydrogens is 312 g/mol. The summed E-state index contributed by atoms with van der Waals surface area (Å²) in [5, 5.41) is 12.8. The fourth-order valence-corrected chi connectivity index (χ4v) is 2.40. The van der Waals surface area contributed by atoms with Crippen LogP contribution in [0.1, 0.15) is 11.1 Å². The summed E-state index contributed by atoms with van der Waals surface area (Å²) < 4.78 is 0.923. The summed E-state index contributed by atoms with van der Waals surface area (Å²) in [5.41, 5.74) is 2.71. The number of rotatable bonds is 3. The zero-order valence-electron chi connectivity index (χ0n) is 9.45. The van der Waals surface area contributed by atoms with E-state index in [-0.39, 0.29) is 0 Å². The Morgan fingerprint density at radius 3 is 2.78 bits per heavy atom. The maximum atomic E-state index is 8.83. The Labute approximate surface area is 119 Å². The third-order valence-corrected chi connectivity index (χ3v) is 3.36. The van der Waals surface area contributed by atoms with Crippen LogP contribution >= 0.6 is 27.5 Å². The number of hydrogen-bond acceptors (Lipinski definition) is 2. The number of anilines is 1. The standard InChI is InChI=1S/C14H10BrClN2/c15-13-7-12(16)4-5-14(13)18-9-11-3-1-2-10(6-11)8-17/h1-7,18H,9H2. The highest BCUT2D eigenvalue weighted by Crippen LogP contribution is 2.26. The van der Waals surface area contributed by atoms with Crippen LogP contribution in [0.25, 0.3) is 0 Å². The van der Waals surface area contributed by atoms with Gasteiger partial charge in [-0.15, -0.1) is 0 Å². The van der Waals surface area contributed by atoms with E-state index in [1.807, 2.05) is 36.4 Å². The molecule has 4 heteroatoms. The molecule has 18 heavy (non-hydrogen) atoms. The fraction of sp³-hybridized carbons (Fsp3) is 0.0714. The minimum atomic E-state index is 0.662. The third kappa shape index (κ3) is 3.25. The lowest BCUT2D eigenvalue weighted by Crippen LogP contribution is -2.00. The van der Waals surface area contributed by atoms with Crippen molar-refractivity contribution < 1.29 is 0 Å². The summed E-state index contributed by atoms with van der Waals surface area (Å²) >= 11 is 9.33. The van der Waals surface area contributed by atoms with E-state index in [0.717, 1.165) is 15.7 Å². The molecule has 90 valence electrons. The van der Waals surface area contributed by atoms with E-state index in [9.17, 15) is 0 Å². The summed E-state index contributed by atoms with van der Waals surface area (Å²) in [7, 11) is 0. The van der Waals surface area contributed by atoms with Crippen LogP contribution in [0.5, 0.6) is 0 Å². The molecule has 1 N–H and O–H groups in total. The zero-order chi connectivity index (χ0) is 13.0. The maximum absolute atomic E-state index is 8.83. The van der Waals surface area contributed by atoms with Crippen LogP contribution < -0.4 is 5.32 Å². The highest BCUT2D eigenvalue weighted by atomic mass is 79.9. The first-order chi connectivity index (χ1) is 8.69. The van der Waals surface area contributed by atoms with Gasteiger partial charge in [-0.05, 0) is 51.8 Å². The number of nitrogens with zero attached hydrogens (tertiary/aromatic N) is 1. The van der Waals surface area contributed by atoms with Crippen LogP contribution in [0, 0.1) is 11.3 Å². The van der Waals surface area contributed by atoms with Gasteiger partial charge in [0, 0.05) is 21.7 Å². The van der Waals surface area contributed by atoms with Crippen LogP contribution in [-0.2, 0) is 6.54 Å². The van der Waals surface area contributed by atoms with Crippen molar-refractivity contribution in [1.82, 2.24) is 0 Å². The summed E-state index contributed by atoms with van der Waals surface area (Å²) in [6, 6.07) is 15.3. The topological polar surface area (TPSA) is 35.8 Å². The van der Waals surface area contributed by atoms with Crippen molar-refractivity contribution >= 4 is 33.2 Å². The fourth-order valence-electron chi connectivity index (χ4n) is 1.58. The molecular formula is C14H10BrClN2. The van der Waals surface area contributed by atoms with Crippen molar-refractivity contribution in [3.8, 4) is 6.07 Å². The summed E-state index contributed by atoms with van der Waals surface area (Å²) in [5.74, 6) is 0. The zero-order valence-corrected chi connectivity index (χ0v) is 11.8. The summed E-state index contributed by atoms with van der Waals surface area (Å²) in [6.07, 6.45) is 0. The van der Waals surface area contributed by atoms with Crippen molar-refractivity contribution in [2.75, 3.05) is 5.32 Å². The van der Waals surface area contributed by atoms with Gasteiger partial charge < -0.3 is 5.32 Å². The number of halogens is 2. The van der Waals surface area contributed by atoms with E-state index >= 15 is 0 Å². The average molecular weight is 322 g/mol. The van der Waals surface area contributed by atoms with Crippen LogP contribution in [0.15, 0.2) is 46.9 Å². The molecule has 2 aromatic rings. The Morgan fingerprint density at radius 1 is 1.22 bits per heavy atom. The molecule has 0 bridgehead atoms. The summed E-state index contributed by atoms with van der Waals surface area (Å²) in [4.78, 5) is 0. The van der Waals surface area contributed by atoms with Gasteiger partial charge in [0.05, 0.1) is 11.6 Å². The van der Waals surface area contributed by atoms with Gasteiger partial charge in [-0.25, -0.2) is 0 Å². The van der Waals surface area contributed by atoms with Crippen LogP contribution in [-0.4, -0.2) is 0 Å². The highest BCUT2D eigenvalue weighted by Gasteiger charge is 2.01. The SMILES string of the molecule is N#Cc1cccc(CNc2ccc(Cl)cc2Br)c1. The van der Waals surface area contributed by atoms with E-state index in [1.165, 1.54) is 0 Å². The Morgan fingerprint density at radius 2 is 2.06 bits per heavy atom. The van der Waals surface area contributed by atoms with E-state index in [1.54, 1.807) is 6.07 Å². The molecule has 0 aromatic heterocycles. The van der Waals surface area contributed by atoms with Gasteiger partial charge in [0.2, 0.25) is 0 Å². The first kappa shape index (κ1) is 12.9. The Hall–Kier alpha value is -1.50. The van der Waals surface area contributed by atoms with Gasteiger partial charge in [-0.3, -0.25) is 0 Å². The van der Waals surface area contributed by atoms with Gasteiger partial charge in [-0.1, -0.05) is 23.7 Å². The second-order valence-corrected chi connectivity index (χ2v) is 5.08. The van der Waals surface area contributed by atoms with E-state index in [0.29, 0.717) is 17.1 Å². The van der Waals surface area contributed by atoms with E-state index in [4.69, 9.17) is 16.9 Å². The van der Waals surface area contributed by atoms with E-state index < -0.39 is 0 Å². The van der Waals surface area contributed by atoms with Gasteiger partial charge in [0.15, 0.2) is 0 Å². The maximum Gasteiger partial charge on any atom is 0.0991 e. The Kier molecular flexibility index (Phi) is 4.24. The largest absolute Gasteiger partial charge is 0.380 e. The van der Waals surface area contributed by atoms with Gasteiger partial charge >= 0.3 is 0 Å². The molecule has 0 unspecified atom stereocenters. The molecule has 0 heterocycles. The van der Waals surface area contributed by atoms with Crippen molar-refractivity contribution in [2.24, 2.45) is 0 Å². The lowest BCUT2D eigenvalue weighted by molar-refractivity contribution is 1.14. The van der Waals surface area contributed by atoms with Crippen molar-refractivity contribution in [3.05, 3.63) is 63.1 Å². The molecule has 0 aliphatic carbocycles. The third-order valence-electron chi connectivity index (χ3n) is 2.47. The quantitative estimate of drug-likeness (QED) is 0.897. The van der Waals surface area contributed by atoms with Crippen molar-refractivity contribution in [2.45, 2.75) is 6.54 Å². The highest BCUT2D eigenvalue weighted by molar-refractivity contribution is 9.10. The van der Waals surface area contributed by atoms with Crippen LogP contribution in [0.3, 0.4) is 0 Å². The van der Waals surface area contributed by atoms with Gasteiger partial charge in [0.1, 0.15) is 0 Å². The molecule has 0 atom stereocenters. The first-order valence-corrected chi connectivity index (χ1v) is 6.54. The summed E-state index contributed by atoms with van der Waals surface area (Å²) in [6.45, 7) is 0.662. The first-order valence-electron chi connectivity index (χ1n) is 5.37. The number of nitriles is 1. The van der Waals surface area contributed by atoms with Gasteiger partial charge in [0.25, 0.3) is 0 Å². The molecule has 0 saturated heterocycles.